The van der Waals surface area contributed by atoms with Gasteiger partial charge in [-0.05, 0) is 49.0 Å². The second kappa shape index (κ2) is 11.8. The third-order valence-corrected chi connectivity index (χ3v) is 5.80. The van der Waals surface area contributed by atoms with Crippen molar-refractivity contribution in [2.75, 3.05) is 32.5 Å². The number of hydrogen-bond acceptors (Lipinski definition) is 5. The van der Waals surface area contributed by atoms with Crippen molar-refractivity contribution in [1.82, 2.24) is 10.2 Å². The zero-order valence-electron chi connectivity index (χ0n) is 19.4. The molecule has 0 saturated carbocycles. The van der Waals surface area contributed by atoms with Crippen LogP contribution in [0.25, 0.3) is 0 Å². The van der Waals surface area contributed by atoms with E-state index in [2.05, 4.69) is 15.5 Å². The van der Waals surface area contributed by atoms with E-state index < -0.39 is 11.5 Å². The molecule has 1 amide bonds. The summed E-state index contributed by atoms with van der Waals surface area (Å²) in [5.74, 6) is -0.575. The predicted molar refractivity (Wildman–Crippen MR) is 136 cm³/mol. The van der Waals surface area contributed by atoms with Gasteiger partial charge in [0.05, 0.1) is 10.6 Å². The fourth-order valence-electron chi connectivity index (χ4n) is 3.63. The normalized spacial score (nSPS) is 12.7. The maximum atomic E-state index is 13.4. The van der Waals surface area contributed by atoms with Crippen LogP contribution in [0, 0.1) is 11.3 Å². The molecule has 0 fully saturated rings. The number of nitriles is 1. The van der Waals surface area contributed by atoms with E-state index in [9.17, 15) is 9.90 Å². The Kier molecular flexibility index (Phi) is 8.80. The number of carbonyl (C=O) groups is 1. The Balaban J connectivity index is 1.82. The number of rotatable bonds is 10. The molecule has 6 nitrogen and oxygen atoms in total. The van der Waals surface area contributed by atoms with E-state index in [1.807, 2.05) is 50.5 Å². The lowest BCUT2D eigenvalue weighted by Crippen LogP contribution is -2.42. The molecule has 0 bridgehead atoms. The first kappa shape index (κ1) is 25.4. The minimum Gasteiger partial charge on any atom is -0.375 e. The zero-order valence-corrected chi connectivity index (χ0v) is 20.1. The monoisotopic (exact) mass is 476 g/mol. The largest absolute Gasteiger partial charge is 0.375 e. The van der Waals surface area contributed by atoms with Crippen LogP contribution in [0.15, 0.2) is 72.8 Å². The van der Waals surface area contributed by atoms with Gasteiger partial charge in [0.2, 0.25) is 0 Å². The van der Waals surface area contributed by atoms with Gasteiger partial charge < -0.3 is 20.6 Å². The van der Waals surface area contributed by atoms with Crippen LogP contribution < -0.4 is 10.6 Å². The molecule has 0 radical (unpaired) electrons. The Morgan fingerprint density at radius 2 is 1.79 bits per heavy atom. The van der Waals surface area contributed by atoms with E-state index in [1.165, 1.54) is 12.1 Å². The number of benzene rings is 3. The molecule has 0 aromatic heterocycles. The van der Waals surface area contributed by atoms with Crippen LogP contribution in [0.1, 0.15) is 22.3 Å². The molecule has 3 N–H and O–H groups in total. The average Bonchev–Trinajstić information content (AvgIpc) is 2.82. The van der Waals surface area contributed by atoms with Gasteiger partial charge in [-0.25, -0.2) is 0 Å². The highest BCUT2D eigenvalue weighted by Crippen LogP contribution is 2.29. The van der Waals surface area contributed by atoms with Crippen LogP contribution in [0.4, 0.5) is 5.69 Å². The third kappa shape index (κ3) is 6.66. The van der Waals surface area contributed by atoms with Crippen molar-refractivity contribution >= 4 is 23.2 Å². The lowest BCUT2D eigenvalue weighted by molar-refractivity contribution is -0.135. The predicted octanol–water partition coefficient (Wildman–Crippen LogP) is 3.93. The second-order valence-electron chi connectivity index (χ2n) is 8.46. The van der Waals surface area contributed by atoms with Crippen molar-refractivity contribution in [2.45, 2.75) is 18.6 Å². The molecule has 0 heterocycles. The first-order valence-corrected chi connectivity index (χ1v) is 11.4. The van der Waals surface area contributed by atoms with Crippen LogP contribution in [0.3, 0.4) is 0 Å². The highest BCUT2D eigenvalue weighted by Gasteiger charge is 2.38. The summed E-state index contributed by atoms with van der Waals surface area (Å²) in [6, 6.07) is 23.4. The van der Waals surface area contributed by atoms with Gasteiger partial charge in [-0.2, -0.15) is 5.26 Å². The molecule has 0 spiro atoms. The van der Waals surface area contributed by atoms with Gasteiger partial charge in [0.25, 0.3) is 5.91 Å². The molecule has 7 heteroatoms. The van der Waals surface area contributed by atoms with Crippen LogP contribution in [-0.2, 0) is 23.4 Å². The number of hydrogen-bond donors (Lipinski definition) is 3. The van der Waals surface area contributed by atoms with Crippen molar-refractivity contribution in [1.29, 1.82) is 5.26 Å². The third-order valence-electron chi connectivity index (χ3n) is 5.49. The summed E-state index contributed by atoms with van der Waals surface area (Å²) in [7, 11) is 4.06. The molecule has 34 heavy (non-hydrogen) atoms. The number of halogens is 1. The van der Waals surface area contributed by atoms with Crippen LogP contribution in [0.5, 0.6) is 0 Å². The summed E-state index contributed by atoms with van der Waals surface area (Å²) in [5, 5.41) is 27.2. The van der Waals surface area contributed by atoms with Crippen molar-refractivity contribution in [3.63, 3.8) is 0 Å². The number of carbonyl (C=O) groups excluding carboxylic acids is 1. The maximum Gasteiger partial charge on any atom is 0.261 e. The Labute approximate surface area is 205 Å². The van der Waals surface area contributed by atoms with E-state index in [0.29, 0.717) is 23.4 Å². The molecule has 0 aliphatic carbocycles. The summed E-state index contributed by atoms with van der Waals surface area (Å²) in [6.07, 6.45) is 0.0956. The standard InChI is InChI=1S/C27H29ClN4O2/c1-32(2)14-13-30-19-21-8-6-7-20(15-21)17-27(34,23-9-4-3-5-10-23)26(33)31-24-12-11-22(18-29)25(28)16-24/h3-12,15-16,30,34H,13-14,17,19H2,1-2H3,(H,31,33). The van der Waals surface area contributed by atoms with Crippen molar-refractivity contribution in [3.8, 4) is 6.07 Å². The SMILES string of the molecule is CN(C)CCNCc1cccc(CC(O)(C(=O)Nc2ccc(C#N)c(Cl)c2)c2ccccc2)c1. The van der Waals surface area contributed by atoms with E-state index in [0.717, 1.165) is 24.2 Å². The van der Waals surface area contributed by atoms with Crippen LogP contribution in [0.2, 0.25) is 5.02 Å². The molecular formula is C27H29ClN4O2. The summed E-state index contributed by atoms with van der Waals surface area (Å²) in [6.45, 7) is 2.50. The van der Waals surface area contributed by atoms with Crippen LogP contribution >= 0.6 is 11.6 Å². The molecule has 3 aromatic carbocycles. The van der Waals surface area contributed by atoms with Gasteiger partial charge >= 0.3 is 0 Å². The molecule has 1 atom stereocenters. The van der Waals surface area contributed by atoms with Crippen molar-refractivity contribution in [2.24, 2.45) is 0 Å². The quantitative estimate of drug-likeness (QED) is 0.386. The fraction of sp³-hybridized carbons (Fsp3) is 0.259. The summed E-state index contributed by atoms with van der Waals surface area (Å²) in [5.41, 5.74) is 1.31. The Morgan fingerprint density at radius 3 is 2.47 bits per heavy atom. The van der Waals surface area contributed by atoms with Gasteiger partial charge in [-0.15, -0.1) is 0 Å². The Bertz CT molecular complexity index is 1160. The maximum absolute atomic E-state index is 13.4. The van der Waals surface area contributed by atoms with Crippen LogP contribution in [-0.4, -0.2) is 43.1 Å². The Morgan fingerprint density at radius 1 is 1.06 bits per heavy atom. The minimum absolute atomic E-state index is 0.0956. The average molecular weight is 477 g/mol. The molecule has 3 aromatic rings. The number of anilines is 1. The van der Waals surface area contributed by atoms with E-state index >= 15 is 0 Å². The summed E-state index contributed by atoms with van der Waals surface area (Å²) < 4.78 is 0. The van der Waals surface area contributed by atoms with E-state index in [4.69, 9.17) is 16.9 Å². The molecular weight excluding hydrogens is 448 g/mol. The number of amides is 1. The summed E-state index contributed by atoms with van der Waals surface area (Å²) >= 11 is 6.12. The topological polar surface area (TPSA) is 88.4 Å². The second-order valence-corrected chi connectivity index (χ2v) is 8.87. The lowest BCUT2D eigenvalue weighted by Gasteiger charge is -2.28. The Hall–Kier alpha value is -3.21. The number of likely N-dealkylation sites (N-methyl/N-ethyl adjacent to an activating group) is 1. The van der Waals surface area contributed by atoms with Gasteiger partial charge in [-0.3, -0.25) is 4.79 Å². The smallest absolute Gasteiger partial charge is 0.261 e. The first-order chi connectivity index (χ1) is 16.3. The highest BCUT2D eigenvalue weighted by atomic mass is 35.5. The molecule has 0 saturated heterocycles. The minimum atomic E-state index is -1.81. The molecule has 3 rings (SSSR count). The number of nitrogens with one attached hydrogen (secondary N) is 2. The molecule has 176 valence electrons. The van der Waals surface area contributed by atoms with Crippen molar-refractivity contribution < 1.29 is 9.90 Å². The summed E-state index contributed by atoms with van der Waals surface area (Å²) in [4.78, 5) is 15.5. The molecule has 1 unspecified atom stereocenters. The van der Waals surface area contributed by atoms with Gasteiger partial charge in [0.1, 0.15) is 6.07 Å². The highest BCUT2D eigenvalue weighted by molar-refractivity contribution is 6.32. The number of aliphatic hydroxyl groups is 1. The van der Waals surface area contributed by atoms with E-state index in [-0.39, 0.29) is 11.4 Å². The lowest BCUT2D eigenvalue weighted by atomic mass is 9.86. The van der Waals surface area contributed by atoms with Gasteiger partial charge in [0.15, 0.2) is 5.60 Å². The van der Waals surface area contributed by atoms with Crippen molar-refractivity contribution in [3.05, 3.63) is 100 Å². The van der Waals surface area contributed by atoms with Gasteiger partial charge in [0, 0.05) is 31.7 Å². The zero-order chi connectivity index (χ0) is 24.6. The van der Waals surface area contributed by atoms with E-state index in [1.54, 1.807) is 30.3 Å². The van der Waals surface area contributed by atoms with Gasteiger partial charge in [-0.1, -0.05) is 66.2 Å². The first-order valence-electron chi connectivity index (χ1n) is 11.0. The molecule has 0 aliphatic heterocycles. The fourth-order valence-corrected chi connectivity index (χ4v) is 3.85. The number of nitrogens with zero attached hydrogens (tertiary/aromatic N) is 2. The molecule has 0 aliphatic rings.